The highest BCUT2D eigenvalue weighted by Crippen LogP contribution is 2.30. The maximum Gasteiger partial charge on any atom is 0.315 e. The van der Waals surface area contributed by atoms with Gasteiger partial charge in [0.1, 0.15) is 70.3 Å². The maximum absolute atomic E-state index is 15.4. The van der Waals surface area contributed by atoms with Crippen LogP contribution in [0.5, 0.6) is 0 Å². The minimum absolute atomic E-state index is 0.00503. The normalized spacial score (nSPS) is 18.5. The molecule has 0 aliphatic carbocycles. The summed E-state index contributed by atoms with van der Waals surface area (Å²) in [6.07, 6.45) is 2.76. The average molecular weight is 1860 g/mol. The van der Waals surface area contributed by atoms with Crippen LogP contribution in [0.15, 0.2) is 115 Å². The number of guanidine groups is 1. The molecule has 0 bridgehead atoms. The third-order valence-electron chi connectivity index (χ3n) is 23.2. The number of urea groups is 1. The minimum atomic E-state index is -3.58. The van der Waals surface area contributed by atoms with Crippen molar-refractivity contribution in [3.05, 3.63) is 143 Å². The van der Waals surface area contributed by atoms with E-state index in [1.165, 1.54) is 21.9 Å². The molecule has 0 saturated carbocycles. The molecule has 40 nitrogen and oxygen atoms in total. The Morgan fingerprint density at radius 3 is 1.51 bits per heavy atom. The van der Waals surface area contributed by atoms with Crippen LogP contribution in [-0.2, 0) is 106 Å². The van der Waals surface area contributed by atoms with Crippen molar-refractivity contribution >= 4 is 120 Å². The smallest absolute Gasteiger partial charge is 0.315 e. The van der Waals surface area contributed by atoms with E-state index in [4.69, 9.17) is 28.3 Å². The Balaban J connectivity index is 0.964. The largest absolute Gasteiger partial charge is 0.370 e. The Hall–Kier alpha value is -12.5. The van der Waals surface area contributed by atoms with Gasteiger partial charge in [-0.25, -0.2) is 21.6 Å². The second kappa shape index (κ2) is 51.2. The number of amides is 16. The van der Waals surface area contributed by atoms with Gasteiger partial charge >= 0.3 is 6.03 Å². The summed E-state index contributed by atoms with van der Waals surface area (Å²) in [6, 6.07) is 16.0. The molecule has 8 rings (SSSR count). The van der Waals surface area contributed by atoms with Crippen LogP contribution in [0.1, 0.15) is 175 Å². The van der Waals surface area contributed by atoms with E-state index in [0.717, 1.165) is 6.26 Å². The first kappa shape index (κ1) is 104. The molecule has 22 N–H and O–H groups in total. The summed E-state index contributed by atoms with van der Waals surface area (Å²) in [6.45, 7) is 3.45. The number of ketones is 1. The highest BCUT2D eigenvalue weighted by Gasteiger charge is 2.52. The van der Waals surface area contributed by atoms with E-state index in [1.54, 1.807) is 117 Å². The molecule has 42 heteroatoms. The van der Waals surface area contributed by atoms with Gasteiger partial charge in [0.15, 0.2) is 21.6 Å². The van der Waals surface area contributed by atoms with Gasteiger partial charge in [-0.05, 0) is 132 Å². The lowest BCUT2D eigenvalue weighted by molar-refractivity contribution is -0.144. The Bertz CT molecular complexity index is 4900. The summed E-state index contributed by atoms with van der Waals surface area (Å²) in [5.41, 5.74) is 24.7. The van der Waals surface area contributed by atoms with E-state index >= 15 is 19.2 Å². The Kier molecular flexibility index (Phi) is 40.6. The lowest BCUT2D eigenvalue weighted by Crippen LogP contribution is -2.60. The van der Waals surface area contributed by atoms with Crippen LogP contribution in [0.2, 0.25) is 0 Å². The van der Waals surface area contributed by atoms with Gasteiger partial charge in [0.2, 0.25) is 82.7 Å². The second-order valence-electron chi connectivity index (χ2n) is 34.1. The number of unbranched alkanes of at least 4 members (excludes halogenated alkanes) is 3. The quantitative estimate of drug-likeness (QED) is 0.00765. The van der Waals surface area contributed by atoms with Gasteiger partial charge in [-0.1, -0.05) is 136 Å². The molecule has 0 aromatic heterocycles. The molecule has 16 amide bonds. The van der Waals surface area contributed by atoms with Crippen LogP contribution in [-0.4, -0.2) is 262 Å². The van der Waals surface area contributed by atoms with Gasteiger partial charge in [0.25, 0.3) is 0 Å². The monoisotopic (exact) mass is 1860 g/mol. The minimum Gasteiger partial charge on any atom is -0.370 e. The van der Waals surface area contributed by atoms with Crippen molar-refractivity contribution in [1.29, 1.82) is 5.41 Å². The van der Waals surface area contributed by atoms with Crippen molar-refractivity contribution in [3.63, 3.8) is 0 Å². The van der Waals surface area contributed by atoms with Crippen molar-refractivity contribution in [2.24, 2.45) is 28.9 Å². The summed E-state index contributed by atoms with van der Waals surface area (Å²) in [5, 5.41) is 41.8. The van der Waals surface area contributed by atoms with E-state index in [2.05, 4.69) is 69.1 Å². The number of likely N-dealkylation sites (tertiary alicyclic amines) is 2. The van der Waals surface area contributed by atoms with Crippen molar-refractivity contribution in [3.8, 4) is 0 Å². The maximum atomic E-state index is 15.4. The number of benzene rings is 4. The molecular weight excluding hydrogens is 1730 g/mol. The van der Waals surface area contributed by atoms with E-state index in [1.807, 2.05) is 0 Å². The number of carbonyl (C=O) groups excluding carboxylic acids is 16. The predicted molar refractivity (Wildman–Crippen MR) is 484 cm³/mol. The van der Waals surface area contributed by atoms with Crippen LogP contribution in [0.4, 0.5) is 4.79 Å². The summed E-state index contributed by atoms with van der Waals surface area (Å²) >= 11 is 0. The standard InChI is InChI=1S/C89H126N20O20S2/c1-54(2)48-64(81(118)100-60(78(92)115)41-47-130(3,126)127)99-75(113)52-97-79(116)65(49-55-22-7-4-8-23-55)103-82(119)66(50-56-24-9-5-10-25-56)105-83(120)67(51-57-35-37-59(38-36-57)77(114)58-26-11-6-12-27-58)104-80(117)61(39-40-72(91)110)101-84(121)69-30-20-46-109(69)87(124)63(28-15-17-42-90)102-85(122)70-31-21-45-108(70)86(123)62(29-19-44-96-88(93)94)98-74(112)34-16-18-43-95-73(111)33-14-13-32-71-76-68(53-131(71,128)129)106-89(125)107-76/h4-12,22-27,35-38,54,60-71,76H,13-21,28-34,39-53,90H2,1-3H3,(H2,91,110)(H2,92,115)(H,95,111)(H,97,116)(H,98,112)(H,99,113)(H,100,118)(H,101,121)(H,102,122)(H,103,119)(H,104,117)(H,105,120)(H4,93,94,96)(H2,106,107,125)/t60-,61-,62-,63-,64-,65-,66-,67-,68-,69-,70-,71-,76-/m0/s1. The summed E-state index contributed by atoms with van der Waals surface area (Å²) in [5.74, 6) is -12.6. The molecule has 4 aromatic carbocycles. The van der Waals surface area contributed by atoms with Gasteiger partial charge in [-0.3, -0.25) is 77.3 Å². The Morgan fingerprint density at radius 1 is 0.489 bits per heavy atom. The number of nitrogens with one attached hydrogen (secondary N) is 14. The fourth-order valence-corrected chi connectivity index (χ4v) is 19.3. The van der Waals surface area contributed by atoms with Crippen molar-refractivity contribution in [2.45, 2.75) is 239 Å². The first-order valence-corrected chi connectivity index (χ1v) is 48.3. The molecule has 4 aromatic rings. The van der Waals surface area contributed by atoms with Crippen LogP contribution >= 0.6 is 0 Å². The van der Waals surface area contributed by atoms with Crippen LogP contribution in [0, 0.1) is 11.3 Å². The first-order valence-electron chi connectivity index (χ1n) is 44.5. The molecule has 0 radical (unpaired) electrons. The van der Waals surface area contributed by atoms with Crippen LogP contribution < -0.4 is 92.1 Å². The topological polar surface area (TPSA) is 632 Å². The zero-order valence-electron chi connectivity index (χ0n) is 74.2. The molecule has 4 heterocycles. The molecule has 131 heavy (non-hydrogen) atoms. The number of carbonyl (C=O) groups is 16. The third kappa shape index (κ3) is 33.8. The lowest BCUT2D eigenvalue weighted by atomic mass is 9.98. The van der Waals surface area contributed by atoms with E-state index < -0.39 is 205 Å². The van der Waals surface area contributed by atoms with Crippen LogP contribution in [0.25, 0.3) is 0 Å². The lowest BCUT2D eigenvalue weighted by Gasteiger charge is -2.32. The molecule has 4 aliphatic rings. The zero-order chi connectivity index (χ0) is 95.5. The number of hydrogen-bond acceptors (Lipinski definition) is 22. The fourth-order valence-electron chi connectivity index (χ4n) is 16.3. The summed E-state index contributed by atoms with van der Waals surface area (Å²) < 4.78 is 49.4. The van der Waals surface area contributed by atoms with Gasteiger partial charge in [0.05, 0.1) is 35.4 Å². The van der Waals surface area contributed by atoms with E-state index in [-0.39, 0.29) is 157 Å². The van der Waals surface area contributed by atoms with E-state index in [0.29, 0.717) is 67.2 Å². The molecule has 4 saturated heterocycles. The number of nitrogens with two attached hydrogens (primary N) is 4. The van der Waals surface area contributed by atoms with Gasteiger partial charge in [-0.15, -0.1) is 0 Å². The van der Waals surface area contributed by atoms with E-state index in [9.17, 15) is 74.4 Å². The highest BCUT2D eigenvalue weighted by atomic mass is 32.2. The summed E-state index contributed by atoms with van der Waals surface area (Å²) in [4.78, 5) is 227. The molecule has 13 atom stereocenters. The van der Waals surface area contributed by atoms with Gasteiger partial charge in [0, 0.05) is 82.1 Å². The van der Waals surface area contributed by atoms with Gasteiger partial charge < -0.3 is 102 Å². The number of primary amides is 2. The fraction of sp³-hybridized carbons (Fsp3) is 0.539. The molecule has 0 unspecified atom stereocenters. The predicted octanol–water partition coefficient (Wildman–Crippen LogP) is -1.76. The van der Waals surface area contributed by atoms with Crippen molar-refractivity contribution in [1.82, 2.24) is 78.9 Å². The molecule has 4 aliphatic heterocycles. The molecule has 0 spiro atoms. The number of fused-ring (bicyclic) bond motifs is 1. The highest BCUT2D eigenvalue weighted by molar-refractivity contribution is 7.92. The Morgan fingerprint density at radius 2 is 0.969 bits per heavy atom. The molecule has 714 valence electrons. The Labute approximate surface area is 762 Å². The van der Waals surface area contributed by atoms with Gasteiger partial charge in [-0.2, -0.15) is 0 Å². The van der Waals surface area contributed by atoms with Crippen LogP contribution in [0.3, 0.4) is 0 Å². The summed E-state index contributed by atoms with van der Waals surface area (Å²) in [7, 11) is -7.01. The second-order valence-corrected chi connectivity index (χ2v) is 38.6. The number of rotatable bonds is 54. The SMILES string of the molecule is CC(C)C[C@H](NC(=O)CNC(=O)[C@H](Cc1ccccc1)NC(=O)[C@H](Cc1ccccc1)NC(=O)[C@H](Cc1ccc(C(=O)c2ccccc2)cc1)NC(=O)[C@H](CCC(N)=O)NC(=O)[C@@H]1CCCN1C(=O)[C@H](CCCCN)NC(=O)[C@@H]1CCCN1C(=O)[C@H](CCCNC(=N)N)NC(=O)CCCCNC(=O)CCCC[C@H]1[C@H]2NC(=O)N[C@H]2CS1(=O)=O)C(=O)N[C@@H](CCS(C)(=O)=O)C(N)=O. The molecular formula is C89H126N20O20S2. The zero-order valence-corrected chi connectivity index (χ0v) is 75.8. The number of hydrogen-bond donors (Lipinski definition) is 18. The third-order valence-corrected chi connectivity index (χ3v) is 26.4. The number of nitrogens with zero attached hydrogens (tertiary/aromatic N) is 2. The van der Waals surface area contributed by atoms with Crippen molar-refractivity contribution < 1.29 is 93.5 Å². The number of sulfone groups is 2. The molecule has 4 fully saturated rings. The van der Waals surface area contributed by atoms with Crippen molar-refractivity contribution in [2.75, 3.05) is 57.0 Å². The average Bonchev–Trinajstić information content (AvgIpc) is 1.59. The first-order chi connectivity index (χ1) is 62.4.